The molecule has 26 heavy (non-hydrogen) atoms. The summed E-state index contributed by atoms with van der Waals surface area (Å²) in [5.41, 5.74) is 1.72. The van der Waals surface area contributed by atoms with Crippen LogP contribution in [0.25, 0.3) is 0 Å². The van der Waals surface area contributed by atoms with Crippen molar-refractivity contribution in [2.45, 2.75) is 26.3 Å². The number of guanidine groups is 1. The second-order valence-electron chi connectivity index (χ2n) is 5.77. The fourth-order valence-corrected chi connectivity index (χ4v) is 3.13. The number of rotatable bonds is 7. The molecule has 0 bridgehead atoms. The van der Waals surface area contributed by atoms with Crippen LogP contribution in [0.3, 0.4) is 0 Å². The molecule has 3 N–H and O–H groups in total. The summed E-state index contributed by atoms with van der Waals surface area (Å²) in [5.74, 6) is 1.17. The van der Waals surface area contributed by atoms with E-state index in [1.165, 1.54) is 4.88 Å². The van der Waals surface area contributed by atoms with E-state index in [0.717, 1.165) is 24.6 Å². The molecule has 7 heteroatoms. The lowest BCUT2D eigenvalue weighted by Crippen LogP contribution is -2.39. The van der Waals surface area contributed by atoms with Crippen molar-refractivity contribution in [3.8, 4) is 0 Å². The van der Waals surface area contributed by atoms with E-state index in [4.69, 9.17) is 0 Å². The number of benzene rings is 1. The number of halogens is 1. The number of hydrogen-bond acceptors (Lipinski definition) is 3. The van der Waals surface area contributed by atoms with Crippen molar-refractivity contribution >= 4 is 47.2 Å². The minimum absolute atomic E-state index is 0. The molecule has 1 aromatic carbocycles. The van der Waals surface area contributed by atoms with Gasteiger partial charge in [-0.25, -0.2) is 4.99 Å². The molecule has 0 fully saturated rings. The minimum atomic E-state index is -0.0763. The Bertz CT molecular complexity index is 686. The predicted octanol–water partition coefficient (Wildman–Crippen LogP) is 3.58. The van der Waals surface area contributed by atoms with Gasteiger partial charge < -0.3 is 16.0 Å². The summed E-state index contributed by atoms with van der Waals surface area (Å²) in [6.45, 7) is 6.48. The standard InChI is InChI=1S/C19H26N4OS.HI/c1-4-21-19(22-12-14(2)17-6-5-11-25-17)23-13-15-7-9-16(10-8-15)18(24)20-3;/h5-11,14H,4,12-13H2,1-3H3,(H,20,24)(H2,21,22,23);1H. The molecule has 0 aliphatic rings. The smallest absolute Gasteiger partial charge is 0.251 e. The molecule has 2 rings (SSSR count). The van der Waals surface area contributed by atoms with Crippen molar-refractivity contribution in [3.63, 3.8) is 0 Å². The van der Waals surface area contributed by atoms with Crippen LogP contribution in [-0.4, -0.2) is 32.0 Å². The molecule has 1 aromatic heterocycles. The molecule has 5 nitrogen and oxygen atoms in total. The zero-order valence-electron chi connectivity index (χ0n) is 15.4. The van der Waals surface area contributed by atoms with Crippen molar-refractivity contribution in [1.29, 1.82) is 0 Å². The van der Waals surface area contributed by atoms with E-state index in [9.17, 15) is 4.79 Å². The van der Waals surface area contributed by atoms with Gasteiger partial charge in [0.25, 0.3) is 5.91 Å². The fourth-order valence-electron chi connectivity index (χ4n) is 2.34. The first-order chi connectivity index (χ1) is 12.1. The quantitative estimate of drug-likeness (QED) is 0.319. The van der Waals surface area contributed by atoms with Crippen LogP contribution in [0.2, 0.25) is 0 Å². The van der Waals surface area contributed by atoms with Crippen molar-refractivity contribution in [3.05, 3.63) is 57.8 Å². The highest BCUT2D eigenvalue weighted by Gasteiger charge is 2.07. The van der Waals surface area contributed by atoms with Gasteiger partial charge >= 0.3 is 0 Å². The van der Waals surface area contributed by atoms with Crippen LogP contribution in [0.1, 0.15) is 40.6 Å². The first-order valence-corrected chi connectivity index (χ1v) is 9.38. The maximum Gasteiger partial charge on any atom is 0.251 e. The molecule has 0 saturated heterocycles. The van der Waals surface area contributed by atoms with E-state index in [-0.39, 0.29) is 29.9 Å². The molecule has 0 spiro atoms. The summed E-state index contributed by atoms with van der Waals surface area (Å²) >= 11 is 1.78. The maximum absolute atomic E-state index is 11.6. The molecule has 0 aliphatic heterocycles. The van der Waals surface area contributed by atoms with Gasteiger partial charge in [-0.15, -0.1) is 35.3 Å². The normalized spacial score (nSPS) is 12.0. The molecule has 0 radical (unpaired) electrons. The number of amides is 1. The van der Waals surface area contributed by atoms with Crippen LogP contribution in [0.4, 0.5) is 0 Å². The SMILES string of the molecule is CCNC(=NCc1ccc(C(=O)NC)cc1)NCC(C)c1cccs1.I. The summed E-state index contributed by atoms with van der Waals surface area (Å²) in [7, 11) is 1.63. The summed E-state index contributed by atoms with van der Waals surface area (Å²) in [4.78, 5) is 17.6. The van der Waals surface area contributed by atoms with Crippen molar-refractivity contribution in [2.24, 2.45) is 4.99 Å². The second kappa shape index (κ2) is 11.9. The predicted molar refractivity (Wildman–Crippen MR) is 121 cm³/mol. The molecular weight excluding hydrogens is 459 g/mol. The third kappa shape index (κ3) is 6.95. The maximum atomic E-state index is 11.6. The van der Waals surface area contributed by atoms with Crippen LogP contribution < -0.4 is 16.0 Å². The van der Waals surface area contributed by atoms with Gasteiger partial charge in [-0.1, -0.05) is 25.1 Å². The number of hydrogen-bond donors (Lipinski definition) is 3. The van der Waals surface area contributed by atoms with E-state index < -0.39 is 0 Å². The molecule has 1 unspecified atom stereocenters. The topological polar surface area (TPSA) is 65.5 Å². The first kappa shape index (κ1) is 22.4. The molecule has 0 saturated carbocycles. The van der Waals surface area contributed by atoms with E-state index in [0.29, 0.717) is 18.0 Å². The van der Waals surface area contributed by atoms with E-state index >= 15 is 0 Å². The Hall–Kier alpha value is -1.61. The monoisotopic (exact) mass is 486 g/mol. The number of carbonyl (C=O) groups is 1. The Kier molecular flexibility index (Phi) is 10.3. The molecule has 1 atom stereocenters. The van der Waals surface area contributed by atoms with Crippen LogP contribution in [-0.2, 0) is 6.54 Å². The molecule has 2 aromatic rings. The third-order valence-electron chi connectivity index (χ3n) is 3.81. The van der Waals surface area contributed by atoms with Crippen LogP contribution in [0.15, 0.2) is 46.8 Å². The van der Waals surface area contributed by atoms with Gasteiger partial charge in [-0.2, -0.15) is 0 Å². The highest BCUT2D eigenvalue weighted by atomic mass is 127. The third-order valence-corrected chi connectivity index (χ3v) is 4.92. The van der Waals surface area contributed by atoms with Crippen LogP contribution in [0.5, 0.6) is 0 Å². The highest BCUT2D eigenvalue weighted by Crippen LogP contribution is 2.19. The van der Waals surface area contributed by atoms with Gasteiger partial charge in [-0.05, 0) is 36.1 Å². The Balaban J connectivity index is 0.00000338. The van der Waals surface area contributed by atoms with Crippen molar-refractivity contribution in [2.75, 3.05) is 20.1 Å². The Morgan fingerprint density at radius 1 is 1.19 bits per heavy atom. The number of nitrogens with zero attached hydrogens (tertiary/aromatic N) is 1. The average Bonchev–Trinajstić information content (AvgIpc) is 3.18. The highest BCUT2D eigenvalue weighted by molar-refractivity contribution is 14.0. The summed E-state index contributed by atoms with van der Waals surface area (Å²) in [5, 5.41) is 11.4. The Morgan fingerprint density at radius 2 is 1.92 bits per heavy atom. The average molecular weight is 486 g/mol. The van der Waals surface area contributed by atoms with Crippen molar-refractivity contribution in [1.82, 2.24) is 16.0 Å². The minimum Gasteiger partial charge on any atom is -0.357 e. The largest absolute Gasteiger partial charge is 0.357 e. The van der Waals surface area contributed by atoms with E-state index in [1.807, 2.05) is 24.3 Å². The lowest BCUT2D eigenvalue weighted by atomic mass is 10.1. The zero-order chi connectivity index (χ0) is 18.1. The summed E-state index contributed by atoms with van der Waals surface area (Å²) < 4.78 is 0. The number of thiophene rings is 1. The van der Waals surface area contributed by atoms with E-state index in [2.05, 4.69) is 52.3 Å². The lowest BCUT2D eigenvalue weighted by Gasteiger charge is -2.15. The van der Waals surface area contributed by atoms with Gasteiger partial charge in [0.15, 0.2) is 5.96 Å². The van der Waals surface area contributed by atoms with E-state index in [1.54, 1.807) is 18.4 Å². The molecule has 1 amide bonds. The van der Waals surface area contributed by atoms with Gasteiger partial charge in [0, 0.05) is 36.5 Å². The molecule has 142 valence electrons. The van der Waals surface area contributed by atoms with Gasteiger partial charge in [0.1, 0.15) is 0 Å². The lowest BCUT2D eigenvalue weighted by molar-refractivity contribution is 0.0963. The van der Waals surface area contributed by atoms with Gasteiger partial charge in [0.2, 0.25) is 0 Å². The molecule has 1 heterocycles. The van der Waals surface area contributed by atoms with Crippen LogP contribution in [0, 0.1) is 0 Å². The summed E-state index contributed by atoms with van der Waals surface area (Å²) in [6.07, 6.45) is 0. The van der Waals surface area contributed by atoms with Crippen LogP contribution >= 0.6 is 35.3 Å². The van der Waals surface area contributed by atoms with Crippen molar-refractivity contribution < 1.29 is 4.79 Å². The Labute approximate surface area is 176 Å². The molecular formula is C19H27IN4OS. The zero-order valence-corrected chi connectivity index (χ0v) is 18.6. The molecule has 0 aliphatic carbocycles. The van der Waals surface area contributed by atoms with Gasteiger partial charge in [-0.3, -0.25) is 4.79 Å². The second-order valence-corrected chi connectivity index (χ2v) is 6.75. The first-order valence-electron chi connectivity index (χ1n) is 8.50. The summed E-state index contributed by atoms with van der Waals surface area (Å²) in [6, 6.07) is 11.8. The number of nitrogens with one attached hydrogen (secondary N) is 3. The number of aliphatic imine (C=N–C) groups is 1. The number of carbonyl (C=O) groups excluding carboxylic acids is 1. The Morgan fingerprint density at radius 3 is 2.50 bits per heavy atom. The van der Waals surface area contributed by atoms with Gasteiger partial charge in [0.05, 0.1) is 6.54 Å². The fraction of sp³-hybridized carbons (Fsp3) is 0.368.